The van der Waals surface area contributed by atoms with Crippen LogP contribution in [0.1, 0.15) is 27.4 Å². The second-order valence-corrected chi connectivity index (χ2v) is 7.75. The highest BCUT2D eigenvalue weighted by Crippen LogP contribution is 2.31. The van der Waals surface area contributed by atoms with Crippen molar-refractivity contribution in [2.75, 3.05) is 13.7 Å². The molecule has 0 fully saturated rings. The molecule has 0 aliphatic rings. The minimum absolute atomic E-state index is 0.0220. The summed E-state index contributed by atoms with van der Waals surface area (Å²) in [6.07, 6.45) is 2.04. The van der Waals surface area contributed by atoms with Gasteiger partial charge in [-0.2, -0.15) is 0 Å². The summed E-state index contributed by atoms with van der Waals surface area (Å²) in [5.41, 5.74) is 3.97. The number of H-pyrrole nitrogens is 1. The maximum atomic E-state index is 12.8. The Morgan fingerprint density at radius 1 is 1.07 bits per heavy atom. The predicted molar refractivity (Wildman–Crippen MR) is 120 cm³/mol. The molecule has 1 atom stereocenters. The second kappa shape index (κ2) is 8.53. The molecule has 4 aromatic rings. The van der Waals surface area contributed by atoms with Crippen molar-refractivity contribution in [2.45, 2.75) is 5.92 Å². The number of benzene rings is 3. The van der Waals surface area contributed by atoms with Gasteiger partial charge in [0.05, 0.1) is 7.11 Å². The molecule has 5 heteroatoms. The molecule has 0 saturated heterocycles. The quantitative estimate of drug-likeness (QED) is 0.409. The first-order valence-corrected chi connectivity index (χ1v) is 10.2. The van der Waals surface area contributed by atoms with E-state index in [4.69, 9.17) is 4.74 Å². The fourth-order valence-corrected chi connectivity index (χ4v) is 3.81. The molecule has 0 unspecified atom stereocenters. The van der Waals surface area contributed by atoms with Crippen molar-refractivity contribution in [1.29, 1.82) is 0 Å². The number of carbonyl (C=O) groups excluding carboxylic acids is 1. The molecule has 0 aliphatic heterocycles. The van der Waals surface area contributed by atoms with E-state index >= 15 is 0 Å². The van der Waals surface area contributed by atoms with Crippen LogP contribution in [0.5, 0.6) is 5.75 Å². The fraction of sp³-hybridized carbons (Fsp3) is 0.125. The molecule has 4 rings (SSSR count). The molecule has 0 spiro atoms. The zero-order chi connectivity index (χ0) is 20.2. The van der Waals surface area contributed by atoms with Gasteiger partial charge in [0.2, 0.25) is 0 Å². The topological polar surface area (TPSA) is 54.1 Å². The van der Waals surface area contributed by atoms with Crippen molar-refractivity contribution in [3.8, 4) is 5.75 Å². The number of carbonyl (C=O) groups is 1. The maximum absolute atomic E-state index is 12.8. The van der Waals surface area contributed by atoms with Crippen molar-refractivity contribution in [1.82, 2.24) is 10.3 Å². The van der Waals surface area contributed by atoms with Gasteiger partial charge in [0.1, 0.15) is 5.75 Å². The van der Waals surface area contributed by atoms with E-state index < -0.39 is 0 Å². The van der Waals surface area contributed by atoms with Crippen LogP contribution in [-0.4, -0.2) is 24.5 Å². The summed E-state index contributed by atoms with van der Waals surface area (Å²) in [7, 11) is 1.59. The van der Waals surface area contributed by atoms with Gasteiger partial charge in [-0.3, -0.25) is 4.79 Å². The van der Waals surface area contributed by atoms with Crippen molar-refractivity contribution < 1.29 is 9.53 Å². The fourth-order valence-electron chi connectivity index (χ4n) is 3.55. The number of amides is 1. The summed E-state index contributed by atoms with van der Waals surface area (Å²) < 4.78 is 6.26. The first-order chi connectivity index (χ1) is 14.2. The summed E-state index contributed by atoms with van der Waals surface area (Å²) in [5.74, 6) is 0.568. The van der Waals surface area contributed by atoms with E-state index in [1.165, 1.54) is 0 Å². The standard InChI is InChI=1S/C24H21BrN2O2/c1-29-19-6-4-5-17(13-19)24(28)27-14-21(16-9-11-18(25)12-10-16)22-15-26-23-8-3-2-7-20(22)23/h2-13,15,21,26H,14H2,1H3,(H,27,28)/t21-/m1/s1. The number of hydrogen-bond acceptors (Lipinski definition) is 2. The van der Waals surface area contributed by atoms with Gasteiger partial charge in [-0.15, -0.1) is 0 Å². The van der Waals surface area contributed by atoms with Gasteiger partial charge in [0, 0.05) is 39.6 Å². The average molecular weight is 449 g/mol. The number of para-hydroxylation sites is 1. The van der Waals surface area contributed by atoms with E-state index in [2.05, 4.69) is 50.5 Å². The van der Waals surface area contributed by atoms with Gasteiger partial charge in [0.15, 0.2) is 0 Å². The van der Waals surface area contributed by atoms with E-state index in [1.807, 2.05) is 42.6 Å². The van der Waals surface area contributed by atoms with Crippen molar-refractivity contribution >= 4 is 32.7 Å². The number of rotatable bonds is 6. The second-order valence-electron chi connectivity index (χ2n) is 6.84. The van der Waals surface area contributed by atoms with E-state index in [-0.39, 0.29) is 11.8 Å². The summed E-state index contributed by atoms with van der Waals surface area (Å²) >= 11 is 3.50. The van der Waals surface area contributed by atoms with Crippen molar-refractivity contribution in [3.63, 3.8) is 0 Å². The van der Waals surface area contributed by atoms with Crippen LogP contribution in [0.3, 0.4) is 0 Å². The summed E-state index contributed by atoms with van der Waals surface area (Å²) in [6, 6.07) is 23.6. The molecule has 0 aliphatic carbocycles. The smallest absolute Gasteiger partial charge is 0.251 e. The average Bonchev–Trinajstić information content (AvgIpc) is 3.19. The SMILES string of the molecule is COc1cccc(C(=O)NC[C@H](c2ccc(Br)cc2)c2c[nH]c3ccccc23)c1. The number of nitrogens with one attached hydrogen (secondary N) is 2. The Labute approximate surface area is 178 Å². The molecule has 2 N–H and O–H groups in total. The maximum Gasteiger partial charge on any atom is 0.251 e. The minimum Gasteiger partial charge on any atom is -0.497 e. The van der Waals surface area contributed by atoms with Gasteiger partial charge < -0.3 is 15.0 Å². The first-order valence-electron chi connectivity index (χ1n) is 9.39. The molecule has 1 aromatic heterocycles. The van der Waals surface area contributed by atoms with Crippen LogP contribution in [0.4, 0.5) is 0 Å². The van der Waals surface area contributed by atoms with Crippen LogP contribution in [0.2, 0.25) is 0 Å². The van der Waals surface area contributed by atoms with Gasteiger partial charge in [-0.1, -0.05) is 52.3 Å². The van der Waals surface area contributed by atoms with Crippen molar-refractivity contribution in [3.05, 3.63) is 100 Å². The lowest BCUT2D eigenvalue weighted by Gasteiger charge is -2.18. The van der Waals surface area contributed by atoms with Gasteiger partial charge in [-0.05, 0) is 47.5 Å². The predicted octanol–water partition coefficient (Wildman–Crippen LogP) is 5.50. The summed E-state index contributed by atoms with van der Waals surface area (Å²) in [4.78, 5) is 16.1. The molecule has 0 radical (unpaired) electrons. The van der Waals surface area contributed by atoms with Crippen molar-refractivity contribution in [2.24, 2.45) is 0 Å². The van der Waals surface area contributed by atoms with Crippen LogP contribution >= 0.6 is 15.9 Å². The molecule has 0 bridgehead atoms. The molecule has 1 heterocycles. The first kappa shape index (κ1) is 19.3. The lowest BCUT2D eigenvalue weighted by atomic mass is 9.91. The largest absolute Gasteiger partial charge is 0.497 e. The molecule has 1 amide bonds. The van der Waals surface area contributed by atoms with Gasteiger partial charge in [0.25, 0.3) is 5.91 Å². The van der Waals surface area contributed by atoms with Gasteiger partial charge in [-0.25, -0.2) is 0 Å². The lowest BCUT2D eigenvalue weighted by molar-refractivity contribution is 0.0952. The Balaban J connectivity index is 1.64. The monoisotopic (exact) mass is 448 g/mol. The van der Waals surface area contributed by atoms with E-state index in [0.717, 1.165) is 26.5 Å². The highest BCUT2D eigenvalue weighted by molar-refractivity contribution is 9.10. The highest BCUT2D eigenvalue weighted by Gasteiger charge is 2.19. The van der Waals surface area contributed by atoms with Gasteiger partial charge >= 0.3 is 0 Å². The minimum atomic E-state index is -0.120. The normalized spacial score (nSPS) is 11.9. The number of aromatic nitrogens is 1. The van der Waals surface area contributed by atoms with E-state index in [1.54, 1.807) is 19.2 Å². The Morgan fingerprint density at radius 2 is 1.86 bits per heavy atom. The van der Waals surface area contributed by atoms with Crippen LogP contribution in [0.15, 0.2) is 83.5 Å². The third-order valence-electron chi connectivity index (χ3n) is 5.07. The van der Waals surface area contributed by atoms with E-state index in [0.29, 0.717) is 17.9 Å². The molecule has 0 saturated carbocycles. The van der Waals surface area contributed by atoms with Crippen LogP contribution < -0.4 is 10.1 Å². The number of fused-ring (bicyclic) bond motifs is 1. The summed E-state index contributed by atoms with van der Waals surface area (Å²) in [6.45, 7) is 0.486. The third kappa shape index (κ3) is 4.20. The molecule has 4 nitrogen and oxygen atoms in total. The number of methoxy groups -OCH3 is 1. The third-order valence-corrected chi connectivity index (χ3v) is 5.60. The Kier molecular flexibility index (Phi) is 5.67. The summed E-state index contributed by atoms with van der Waals surface area (Å²) in [5, 5.41) is 4.26. The Hall–Kier alpha value is -3.05. The zero-order valence-corrected chi connectivity index (χ0v) is 17.6. The van der Waals surface area contributed by atoms with Crippen LogP contribution in [0.25, 0.3) is 10.9 Å². The highest BCUT2D eigenvalue weighted by atomic mass is 79.9. The van der Waals surface area contributed by atoms with Crippen LogP contribution in [-0.2, 0) is 0 Å². The molecule has 29 heavy (non-hydrogen) atoms. The lowest BCUT2D eigenvalue weighted by Crippen LogP contribution is -2.28. The Morgan fingerprint density at radius 3 is 2.66 bits per heavy atom. The molecular formula is C24H21BrN2O2. The van der Waals surface area contributed by atoms with E-state index in [9.17, 15) is 4.79 Å². The number of halogens is 1. The zero-order valence-electron chi connectivity index (χ0n) is 16.0. The Bertz CT molecular complexity index is 1140. The molecule has 3 aromatic carbocycles. The number of ether oxygens (including phenoxy) is 1. The van der Waals surface area contributed by atoms with Crippen LogP contribution in [0, 0.1) is 0 Å². The molecule has 146 valence electrons. The number of aromatic amines is 1. The molecular weight excluding hydrogens is 428 g/mol. The number of hydrogen-bond donors (Lipinski definition) is 2.